The molecule has 0 saturated carbocycles. The van der Waals surface area contributed by atoms with Crippen LogP contribution in [-0.4, -0.2) is 4.98 Å². The molecule has 17 heavy (non-hydrogen) atoms. The first-order chi connectivity index (χ1) is 8.19. The summed E-state index contributed by atoms with van der Waals surface area (Å²) in [6.45, 7) is 0. The van der Waals surface area contributed by atoms with Crippen molar-refractivity contribution in [3.05, 3.63) is 53.1 Å². The number of aromatic nitrogens is 1. The Bertz CT molecular complexity index is 534. The standard InChI is InChI=1S/C12H8Cl2FNO/c13-5-8-3-10(7-16-6-8)17-9-1-2-11(14)12(15)4-9/h1-4,6-7H,5H2. The van der Waals surface area contributed by atoms with Crippen LogP contribution in [0.15, 0.2) is 36.7 Å². The molecule has 0 aliphatic rings. The van der Waals surface area contributed by atoms with Crippen molar-refractivity contribution in [2.45, 2.75) is 5.88 Å². The molecule has 0 atom stereocenters. The molecule has 0 bridgehead atoms. The normalized spacial score (nSPS) is 10.3. The van der Waals surface area contributed by atoms with E-state index in [1.54, 1.807) is 18.3 Å². The van der Waals surface area contributed by atoms with E-state index in [-0.39, 0.29) is 5.02 Å². The predicted molar refractivity (Wildman–Crippen MR) is 65.3 cm³/mol. The Labute approximate surface area is 108 Å². The van der Waals surface area contributed by atoms with Crippen molar-refractivity contribution in [3.8, 4) is 11.5 Å². The van der Waals surface area contributed by atoms with E-state index >= 15 is 0 Å². The average Bonchev–Trinajstić information content (AvgIpc) is 2.34. The third-order valence-electron chi connectivity index (χ3n) is 2.05. The zero-order valence-corrected chi connectivity index (χ0v) is 10.2. The van der Waals surface area contributed by atoms with Gasteiger partial charge in [-0.3, -0.25) is 4.98 Å². The zero-order valence-electron chi connectivity index (χ0n) is 8.66. The molecule has 0 N–H and O–H groups in total. The van der Waals surface area contributed by atoms with Gasteiger partial charge in [0.25, 0.3) is 0 Å². The minimum atomic E-state index is -0.523. The first-order valence-electron chi connectivity index (χ1n) is 4.82. The molecule has 0 spiro atoms. The van der Waals surface area contributed by atoms with Gasteiger partial charge >= 0.3 is 0 Å². The van der Waals surface area contributed by atoms with Gasteiger partial charge in [0.05, 0.1) is 11.2 Å². The zero-order chi connectivity index (χ0) is 12.3. The largest absolute Gasteiger partial charge is 0.456 e. The lowest BCUT2D eigenvalue weighted by Gasteiger charge is -2.06. The van der Waals surface area contributed by atoms with Crippen LogP contribution in [-0.2, 0) is 5.88 Å². The van der Waals surface area contributed by atoms with Gasteiger partial charge < -0.3 is 4.74 Å². The molecule has 1 heterocycles. The quantitative estimate of drug-likeness (QED) is 0.772. The number of nitrogens with zero attached hydrogens (tertiary/aromatic N) is 1. The number of halogens is 3. The maximum atomic E-state index is 13.2. The summed E-state index contributed by atoms with van der Waals surface area (Å²) in [4.78, 5) is 3.96. The van der Waals surface area contributed by atoms with Crippen LogP contribution < -0.4 is 4.74 Å². The maximum absolute atomic E-state index is 13.2. The number of hydrogen-bond donors (Lipinski definition) is 0. The summed E-state index contributed by atoms with van der Waals surface area (Å²) in [7, 11) is 0. The Hall–Kier alpha value is -1.32. The van der Waals surface area contributed by atoms with Gasteiger partial charge in [-0.15, -0.1) is 11.6 Å². The summed E-state index contributed by atoms with van der Waals surface area (Å²) in [5, 5.41) is 0.0602. The van der Waals surface area contributed by atoms with Crippen LogP contribution in [0.2, 0.25) is 5.02 Å². The second-order valence-electron chi connectivity index (χ2n) is 3.34. The second kappa shape index (κ2) is 5.34. The molecule has 0 saturated heterocycles. The van der Waals surface area contributed by atoms with Crippen LogP contribution in [0.1, 0.15) is 5.56 Å². The van der Waals surface area contributed by atoms with Gasteiger partial charge in [-0.05, 0) is 23.8 Å². The molecular formula is C12H8Cl2FNO. The predicted octanol–water partition coefficient (Wildman–Crippen LogP) is 4.41. The van der Waals surface area contributed by atoms with Gasteiger partial charge in [-0.1, -0.05) is 11.6 Å². The fraction of sp³-hybridized carbons (Fsp3) is 0.0833. The average molecular weight is 272 g/mol. The van der Waals surface area contributed by atoms with E-state index in [1.807, 2.05) is 0 Å². The lowest BCUT2D eigenvalue weighted by Crippen LogP contribution is -1.88. The van der Waals surface area contributed by atoms with Crippen LogP contribution in [0.3, 0.4) is 0 Å². The van der Waals surface area contributed by atoms with Gasteiger partial charge in [-0.2, -0.15) is 0 Å². The molecule has 0 radical (unpaired) electrons. The molecular weight excluding hydrogens is 264 g/mol. The van der Waals surface area contributed by atoms with Crippen molar-refractivity contribution in [3.63, 3.8) is 0 Å². The molecule has 0 fully saturated rings. The van der Waals surface area contributed by atoms with Gasteiger partial charge in [0, 0.05) is 18.1 Å². The highest BCUT2D eigenvalue weighted by molar-refractivity contribution is 6.30. The molecule has 88 valence electrons. The molecule has 1 aromatic heterocycles. The number of ether oxygens (including phenoxy) is 1. The van der Waals surface area contributed by atoms with Crippen molar-refractivity contribution in [1.82, 2.24) is 4.98 Å². The number of benzene rings is 1. The minimum absolute atomic E-state index is 0.0602. The lowest BCUT2D eigenvalue weighted by molar-refractivity contribution is 0.474. The fourth-order valence-corrected chi connectivity index (χ4v) is 1.53. The molecule has 0 aliphatic heterocycles. The minimum Gasteiger partial charge on any atom is -0.456 e. The Morgan fingerprint density at radius 3 is 2.71 bits per heavy atom. The molecule has 1 aromatic carbocycles. The van der Waals surface area contributed by atoms with Gasteiger partial charge in [0.15, 0.2) is 0 Å². The third-order valence-corrected chi connectivity index (χ3v) is 2.67. The van der Waals surface area contributed by atoms with E-state index in [0.29, 0.717) is 17.4 Å². The first-order valence-corrected chi connectivity index (χ1v) is 5.73. The highest BCUT2D eigenvalue weighted by Crippen LogP contribution is 2.25. The van der Waals surface area contributed by atoms with E-state index in [1.165, 1.54) is 18.3 Å². The summed E-state index contributed by atoms with van der Waals surface area (Å²) >= 11 is 11.2. The Morgan fingerprint density at radius 1 is 1.18 bits per heavy atom. The van der Waals surface area contributed by atoms with Crippen molar-refractivity contribution in [1.29, 1.82) is 0 Å². The topological polar surface area (TPSA) is 22.1 Å². The summed E-state index contributed by atoms with van der Waals surface area (Å²) in [5.41, 5.74) is 0.832. The SMILES string of the molecule is Fc1cc(Oc2cncc(CCl)c2)ccc1Cl. The lowest BCUT2D eigenvalue weighted by atomic mass is 10.3. The Morgan fingerprint density at radius 2 is 2.00 bits per heavy atom. The van der Waals surface area contributed by atoms with E-state index < -0.39 is 5.82 Å². The molecule has 2 rings (SSSR count). The molecule has 2 nitrogen and oxygen atoms in total. The molecule has 5 heteroatoms. The third kappa shape index (κ3) is 3.08. The van der Waals surface area contributed by atoms with E-state index in [2.05, 4.69) is 4.98 Å². The van der Waals surface area contributed by atoms with Crippen LogP contribution in [0.4, 0.5) is 4.39 Å². The first kappa shape index (κ1) is 12.1. The van der Waals surface area contributed by atoms with Crippen molar-refractivity contribution < 1.29 is 9.13 Å². The van der Waals surface area contributed by atoms with E-state index in [4.69, 9.17) is 27.9 Å². The molecule has 2 aromatic rings. The number of hydrogen-bond acceptors (Lipinski definition) is 2. The van der Waals surface area contributed by atoms with Crippen molar-refractivity contribution in [2.75, 3.05) is 0 Å². The van der Waals surface area contributed by atoms with Crippen LogP contribution in [0.25, 0.3) is 0 Å². The van der Waals surface area contributed by atoms with Gasteiger partial charge in [-0.25, -0.2) is 4.39 Å². The number of pyridine rings is 1. The van der Waals surface area contributed by atoms with Crippen molar-refractivity contribution >= 4 is 23.2 Å². The number of alkyl halides is 1. The van der Waals surface area contributed by atoms with Crippen LogP contribution in [0, 0.1) is 5.82 Å². The highest BCUT2D eigenvalue weighted by atomic mass is 35.5. The summed E-state index contributed by atoms with van der Waals surface area (Å²) in [6, 6.07) is 5.98. The Balaban J connectivity index is 2.22. The van der Waals surface area contributed by atoms with Gasteiger partial charge in [0.2, 0.25) is 0 Å². The van der Waals surface area contributed by atoms with E-state index in [0.717, 1.165) is 5.56 Å². The summed E-state index contributed by atoms with van der Waals surface area (Å²) < 4.78 is 18.6. The Kier molecular flexibility index (Phi) is 3.82. The van der Waals surface area contributed by atoms with Gasteiger partial charge in [0.1, 0.15) is 17.3 Å². The molecule has 0 amide bonds. The summed E-state index contributed by atoms with van der Waals surface area (Å²) in [5.74, 6) is 0.690. The van der Waals surface area contributed by atoms with Crippen molar-refractivity contribution in [2.24, 2.45) is 0 Å². The maximum Gasteiger partial charge on any atom is 0.146 e. The van der Waals surface area contributed by atoms with Crippen LogP contribution in [0.5, 0.6) is 11.5 Å². The smallest absolute Gasteiger partial charge is 0.146 e. The highest BCUT2D eigenvalue weighted by Gasteiger charge is 2.04. The molecule has 0 unspecified atom stereocenters. The van der Waals surface area contributed by atoms with Crippen LogP contribution >= 0.6 is 23.2 Å². The summed E-state index contributed by atoms with van der Waals surface area (Å²) in [6.07, 6.45) is 3.17. The molecule has 0 aliphatic carbocycles. The second-order valence-corrected chi connectivity index (χ2v) is 4.01. The fourth-order valence-electron chi connectivity index (χ4n) is 1.27. The number of rotatable bonds is 3. The monoisotopic (exact) mass is 271 g/mol. The van der Waals surface area contributed by atoms with E-state index in [9.17, 15) is 4.39 Å².